The van der Waals surface area contributed by atoms with E-state index in [2.05, 4.69) is 24.0 Å². The van der Waals surface area contributed by atoms with Crippen LogP contribution in [0.3, 0.4) is 0 Å². The number of nitrogens with one attached hydrogen (secondary N) is 1. The van der Waals surface area contributed by atoms with Crippen molar-refractivity contribution in [1.82, 2.24) is 5.32 Å². The van der Waals surface area contributed by atoms with Crippen molar-refractivity contribution in [3.05, 3.63) is 0 Å². The number of aliphatic hydroxyl groups is 1. The van der Waals surface area contributed by atoms with Gasteiger partial charge in [-0.2, -0.15) is 11.8 Å². The summed E-state index contributed by atoms with van der Waals surface area (Å²) in [5, 5.41) is 13.2. The van der Waals surface area contributed by atoms with Crippen LogP contribution in [-0.4, -0.2) is 35.3 Å². The number of rotatable bonds is 7. The van der Waals surface area contributed by atoms with Crippen molar-refractivity contribution in [2.45, 2.75) is 50.3 Å². The highest BCUT2D eigenvalue weighted by molar-refractivity contribution is 7.99. The van der Waals surface area contributed by atoms with Gasteiger partial charge >= 0.3 is 0 Å². The van der Waals surface area contributed by atoms with Gasteiger partial charge < -0.3 is 10.4 Å². The van der Waals surface area contributed by atoms with Gasteiger partial charge in [0, 0.05) is 23.7 Å². The Morgan fingerprint density at radius 3 is 2.71 bits per heavy atom. The van der Waals surface area contributed by atoms with Crippen LogP contribution < -0.4 is 5.32 Å². The Morgan fingerprint density at radius 1 is 1.43 bits per heavy atom. The third-order valence-electron chi connectivity index (χ3n) is 2.81. The van der Waals surface area contributed by atoms with Gasteiger partial charge in [0.05, 0.1) is 0 Å². The van der Waals surface area contributed by atoms with Crippen LogP contribution in [0.25, 0.3) is 0 Å². The molecule has 1 saturated carbocycles. The molecule has 1 aliphatic rings. The van der Waals surface area contributed by atoms with Crippen molar-refractivity contribution in [2.75, 3.05) is 18.9 Å². The van der Waals surface area contributed by atoms with Crippen LogP contribution in [0.2, 0.25) is 0 Å². The summed E-state index contributed by atoms with van der Waals surface area (Å²) in [5.74, 6) is 1.17. The predicted octanol–water partition coefficient (Wildman–Crippen LogP) is 2.02. The van der Waals surface area contributed by atoms with Gasteiger partial charge in [-0.3, -0.25) is 0 Å². The molecule has 0 heterocycles. The van der Waals surface area contributed by atoms with Crippen molar-refractivity contribution < 1.29 is 5.11 Å². The Balaban J connectivity index is 2.10. The molecule has 0 bridgehead atoms. The van der Waals surface area contributed by atoms with Gasteiger partial charge in [0.25, 0.3) is 0 Å². The Kier molecular flexibility index (Phi) is 6.65. The summed E-state index contributed by atoms with van der Waals surface area (Å²) in [7, 11) is 0. The summed E-state index contributed by atoms with van der Waals surface area (Å²) >= 11 is 2.10. The molecule has 0 aromatic rings. The lowest BCUT2D eigenvalue weighted by molar-refractivity contribution is 0.271. The minimum Gasteiger partial charge on any atom is -0.396 e. The Labute approximate surface area is 91.9 Å². The highest BCUT2D eigenvalue weighted by Crippen LogP contribution is 2.29. The van der Waals surface area contributed by atoms with Gasteiger partial charge in [-0.1, -0.05) is 19.8 Å². The zero-order chi connectivity index (χ0) is 10.2. The molecule has 0 saturated heterocycles. The zero-order valence-electron chi connectivity index (χ0n) is 9.17. The van der Waals surface area contributed by atoms with E-state index in [9.17, 15) is 0 Å². The van der Waals surface area contributed by atoms with Crippen molar-refractivity contribution in [3.63, 3.8) is 0 Å². The lowest BCUT2D eigenvalue weighted by Gasteiger charge is -2.18. The quantitative estimate of drug-likeness (QED) is 0.684. The summed E-state index contributed by atoms with van der Waals surface area (Å²) in [4.78, 5) is 0. The molecule has 0 spiro atoms. The molecule has 1 atom stereocenters. The fourth-order valence-corrected chi connectivity index (χ4v) is 3.45. The minimum absolute atomic E-state index is 0.308. The number of hydrogen-bond donors (Lipinski definition) is 2. The van der Waals surface area contributed by atoms with E-state index >= 15 is 0 Å². The van der Waals surface area contributed by atoms with Gasteiger partial charge in [-0.05, 0) is 25.8 Å². The maximum atomic E-state index is 8.91. The topological polar surface area (TPSA) is 32.3 Å². The summed E-state index contributed by atoms with van der Waals surface area (Å²) in [6.07, 6.45) is 6.55. The summed E-state index contributed by atoms with van der Waals surface area (Å²) < 4.78 is 0. The largest absolute Gasteiger partial charge is 0.396 e. The second-order valence-corrected chi connectivity index (χ2v) is 5.34. The Morgan fingerprint density at radius 2 is 2.14 bits per heavy atom. The van der Waals surface area contributed by atoms with E-state index in [0.717, 1.165) is 18.2 Å². The van der Waals surface area contributed by atoms with Crippen LogP contribution in [0, 0.1) is 0 Å². The standard InChI is InChI=1S/C11H23NOS/c1-2-12-10(7-8-13)9-14-11-5-3-4-6-11/h10-13H,2-9H2,1H3. The van der Waals surface area contributed by atoms with Gasteiger partial charge in [0.2, 0.25) is 0 Å². The summed E-state index contributed by atoms with van der Waals surface area (Å²) in [5.41, 5.74) is 0. The van der Waals surface area contributed by atoms with E-state index < -0.39 is 0 Å². The maximum absolute atomic E-state index is 8.91. The van der Waals surface area contributed by atoms with Crippen LogP contribution in [0.4, 0.5) is 0 Å². The molecular weight excluding hydrogens is 194 g/mol. The number of hydrogen-bond acceptors (Lipinski definition) is 3. The van der Waals surface area contributed by atoms with E-state index in [1.54, 1.807) is 0 Å². The third-order valence-corrected chi connectivity index (χ3v) is 4.34. The molecule has 2 nitrogen and oxygen atoms in total. The first-order chi connectivity index (χ1) is 6.86. The van der Waals surface area contributed by atoms with E-state index in [4.69, 9.17) is 5.11 Å². The average Bonchev–Trinajstić information content (AvgIpc) is 2.67. The second kappa shape index (κ2) is 7.55. The van der Waals surface area contributed by atoms with Crippen LogP contribution in [-0.2, 0) is 0 Å². The monoisotopic (exact) mass is 217 g/mol. The summed E-state index contributed by atoms with van der Waals surface area (Å²) in [6, 6.07) is 0.510. The summed E-state index contributed by atoms with van der Waals surface area (Å²) in [6.45, 7) is 3.45. The van der Waals surface area contributed by atoms with E-state index in [1.807, 2.05) is 0 Å². The zero-order valence-corrected chi connectivity index (χ0v) is 9.98. The molecule has 1 unspecified atom stereocenters. The molecule has 0 radical (unpaired) electrons. The first-order valence-corrected chi connectivity index (χ1v) is 6.87. The fourth-order valence-electron chi connectivity index (χ4n) is 2.00. The molecule has 3 heteroatoms. The van der Waals surface area contributed by atoms with Crippen molar-refractivity contribution >= 4 is 11.8 Å². The van der Waals surface area contributed by atoms with Crippen molar-refractivity contribution in [2.24, 2.45) is 0 Å². The third kappa shape index (κ3) is 4.67. The second-order valence-electron chi connectivity index (χ2n) is 4.01. The number of thioether (sulfide) groups is 1. The maximum Gasteiger partial charge on any atom is 0.0446 e. The average molecular weight is 217 g/mol. The van der Waals surface area contributed by atoms with Crippen LogP contribution in [0.15, 0.2) is 0 Å². The van der Waals surface area contributed by atoms with Gasteiger partial charge in [-0.15, -0.1) is 0 Å². The first-order valence-electron chi connectivity index (χ1n) is 5.82. The Bertz CT molecular complexity index is 131. The van der Waals surface area contributed by atoms with E-state index in [1.165, 1.54) is 31.4 Å². The van der Waals surface area contributed by atoms with Crippen LogP contribution in [0.5, 0.6) is 0 Å². The molecule has 14 heavy (non-hydrogen) atoms. The predicted molar refractivity (Wildman–Crippen MR) is 63.9 cm³/mol. The lowest BCUT2D eigenvalue weighted by Crippen LogP contribution is -2.32. The van der Waals surface area contributed by atoms with Gasteiger partial charge in [-0.25, -0.2) is 0 Å². The molecule has 0 amide bonds. The molecule has 0 aromatic carbocycles. The highest BCUT2D eigenvalue weighted by atomic mass is 32.2. The fraction of sp³-hybridized carbons (Fsp3) is 1.00. The lowest BCUT2D eigenvalue weighted by atomic mass is 10.2. The van der Waals surface area contributed by atoms with Crippen molar-refractivity contribution in [3.8, 4) is 0 Å². The molecular formula is C11H23NOS. The molecule has 1 fully saturated rings. The molecule has 0 aromatic heterocycles. The van der Waals surface area contributed by atoms with Crippen LogP contribution in [0.1, 0.15) is 39.0 Å². The minimum atomic E-state index is 0.308. The normalized spacial score (nSPS) is 20.1. The van der Waals surface area contributed by atoms with E-state index in [-0.39, 0.29) is 0 Å². The molecule has 1 rings (SSSR count). The van der Waals surface area contributed by atoms with Gasteiger partial charge in [0.1, 0.15) is 0 Å². The Hall–Kier alpha value is 0.270. The molecule has 2 N–H and O–H groups in total. The molecule has 0 aliphatic heterocycles. The highest BCUT2D eigenvalue weighted by Gasteiger charge is 2.17. The number of aliphatic hydroxyl groups excluding tert-OH is 1. The first kappa shape index (κ1) is 12.3. The SMILES string of the molecule is CCNC(CCO)CSC1CCCC1. The molecule has 84 valence electrons. The smallest absolute Gasteiger partial charge is 0.0446 e. The van der Waals surface area contributed by atoms with Gasteiger partial charge in [0.15, 0.2) is 0 Å². The van der Waals surface area contributed by atoms with Crippen molar-refractivity contribution in [1.29, 1.82) is 0 Å². The molecule has 1 aliphatic carbocycles. The van der Waals surface area contributed by atoms with Crippen LogP contribution >= 0.6 is 11.8 Å². The van der Waals surface area contributed by atoms with E-state index in [0.29, 0.717) is 12.6 Å².